The van der Waals surface area contributed by atoms with E-state index < -0.39 is 16.5 Å². The van der Waals surface area contributed by atoms with Crippen LogP contribution in [0.15, 0.2) is 0 Å². The van der Waals surface area contributed by atoms with Crippen molar-refractivity contribution in [3.8, 4) is 0 Å². The molecule has 0 aliphatic carbocycles. The van der Waals surface area contributed by atoms with Crippen LogP contribution in [0.3, 0.4) is 0 Å². The summed E-state index contributed by atoms with van der Waals surface area (Å²) in [6.45, 7) is 0. The average molecular weight is 180 g/mol. The predicted molar refractivity (Wildman–Crippen MR) is 28.8 cm³/mol. The van der Waals surface area contributed by atoms with Gasteiger partial charge >= 0.3 is 16.5 Å². The molecule has 9 heavy (non-hydrogen) atoms. The van der Waals surface area contributed by atoms with Crippen molar-refractivity contribution in [2.24, 2.45) is 0 Å². The van der Waals surface area contributed by atoms with Crippen molar-refractivity contribution < 1.29 is 33.7 Å². The Balaban J connectivity index is 0. The summed E-state index contributed by atoms with van der Waals surface area (Å²) in [5, 5.41) is 12.0. The molecule has 0 aromatic carbocycles. The SMILES string of the molecule is O=[PH](O)O[PH](=O)O.OO. The first kappa shape index (κ1) is 12.0. The number of hydrogen-bond donors (Lipinski definition) is 4. The van der Waals surface area contributed by atoms with Gasteiger partial charge in [0.1, 0.15) is 0 Å². The molecule has 0 amide bonds. The van der Waals surface area contributed by atoms with Crippen LogP contribution in [0.5, 0.6) is 0 Å². The van der Waals surface area contributed by atoms with Crippen LogP contribution in [0.25, 0.3) is 0 Å². The standard InChI is InChI=1S/H4O5P2.H2O2/c1-6(2)5-7(3)4;1-2/h6-7H,(H,1,2)(H,3,4);1-2H. The first-order chi connectivity index (χ1) is 4.13. The molecule has 0 aromatic heterocycles. The van der Waals surface area contributed by atoms with Crippen molar-refractivity contribution in [1.82, 2.24) is 0 Å². The first-order valence-corrected chi connectivity index (χ1v) is 3.99. The van der Waals surface area contributed by atoms with Gasteiger partial charge in [-0.3, -0.25) is 19.6 Å². The molecule has 9 heteroatoms. The third kappa shape index (κ3) is 17.8. The topological polar surface area (TPSA) is 124 Å². The molecule has 4 N–H and O–H groups in total. The van der Waals surface area contributed by atoms with Gasteiger partial charge in [-0.2, -0.15) is 0 Å². The van der Waals surface area contributed by atoms with Crippen molar-refractivity contribution in [3.05, 3.63) is 0 Å². The Morgan fingerprint density at radius 1 is 1.00 bits per heavy atom. The van der Waals surface area contributed by atoms with E-state index in [2.05, 4.69) is 4.31 Å². The molecule has 7 nitrogen and oxygen atoms in total. The van der Waals surface area contributed by atoms with E-state index in [-0.39, 0.29) is 0 Å². The highest BCUT2D eigenvalue weighted by molar-refractivity contribution is 7.46. The van der Waals surface area contributed by atoms with Gasteiger partial charge in [-0.05, 0) is 0 Å². The molecule has 0 spiro atoms. The zero-order chi connectivity index (χ0) is 7.86. The van der Waals surface area contributed by atoms with Gasteiger partial charge in [-0.25, -0.2) is 4.31 Å². The quantitative estimate of drug-likeness (QED) is 0.263. The highest BCUT2D eigenvalue weighted by atomic mass is 31.2. The lowest BCUT2D eigenvalue weighted by Gasteiger charge is -1.86. The van der Waals surface area contributed by atoms with Gasteiger partial charge in [0.2, 0.25) is 0 Å². The normalized spacial score (nSPS) is 15.1. The molecule has 58 valence electrons. The van der Waals surface area contributed by atoms with Crippen molar-refractivity contribution in [1.29, 1.82) is 0 Å². The Hall–Kier alpha value is 0.260. The minimum atomic E-state index is -3.20. The van der Waals surface area contributed by atoms with Crippen LogP contribution in [-0.4, -0.2) is 20.3 Å². The molecule has 0 aromatic rings. The molecule has 0 heterocycles. The Kier molecular flexibility index (Phi) is 11.0. The van der Waals surface area contributed by atoms with E-state index in [1.54, 1.807) is 0 Å². The largest absolute Gasteiger partial charge is 0.326 e. The van der Waals surface area contributed by atoms with E-state index in [0.717, 1.165) is 0 Å². The Labute approximate surface area is 51.4 Å². The molecular weight excluding hydrogens is 174 g/mol. The third-order valence-corrected chi connectivity index (χ3v) is 1.57. The fraction of sp³-hybridized carbons (Fsp3) is 0. The summed E-state index contributed by atoms with van der Waals surface area (Å²) in [5.41, 5.74) is 0. The minimum absolute atomic E-state index is 3.20. The molecule has 0 saturated carbocycles. The van der Waals surface area contributed by atoms with Gasteiger partial charge in [0.25, 0.3) is 0 Å². The van der Waals surface area contributed by atoms with E-state index in [0.29, 0.717) is 0 Å². The lowest BCUT2D eigenvalue weighted by molar-refractivity contribution is -0.176. The summed E-state index contributed by atoms with van der Waals surface area (Å²) in [5.74, 6) is 0. The van der Waals surface area contributed by atoms with Gasteiger partial charge in [0.15, 0.2) is 0 Å². The Bertz CT molecular complexity index is 83.1. The van der Waals surface area contributed by atoms with E-state index in [1.807, 2.05) is 0 Å². The molecule has 0 fully saturated rings. The zero-order valence-electron chi connectivity index (χ0n) is 4.01. The van der Waals surface area contributed by atoms with Gasteiger partial charge in [0, 0.05) is 0 Å². The van der Waals surface area contributed by atoms with E-state index >= 15 is 0 Å². The van der Waals surface area contributed by atoms with Gasteiger partial charge in [-0.1, -0.05) is 0 Å². The minimum Gasteiger partial charge on any atom is -0.326 e. The van der Waals surface area contributed by atoms with Gasteiger partial charge in [0.05, 0.1) is 0 Å². The average Bonchev–Trinajstić information content (AvgIpc) is 1.68. The lowest BCUT2D eigenvalue weighted by Crippen LogP contribution is -1.58. The van der Waals surface area contributed by atoms with Crippen LogP contribution in [-0.2, 0) is 13.4 Å². The summed E-state index contributed by atoms with van der Waals surface area (Å²) in [6, 6.07) is 0. The Morgan fingerprint density at radius 3 is 1.22 bits per heavy atom. The van der Waals surface area contributed by atoms with Crippen LogP contribution in [0.4, 0.5) is 0 Å². The number of rotatable bonds is 2. The maximum absolute atomic E-state index is 9.44. The summed E-state index contributed by atoms with van der Waals surface area (Å²) in [6.07, 6.45) is 0. The van der Waals surface area contributed by atoms with Crippen LogP contribution >= 0.6 is 16.5 Å². The summed E-state index contributed by atoms with van der Waals surface area (Å²) < 4.78 is 22.3. The molecule has 2 unspecified atom stereocenters. The molecule has 0 radical (unpaired) electrons. The second-order valence-electron chi connectivity index (χ2n) is 0.634. The van der Waals surface area contributed by atoms with Crippen LogP contribution < -0.4 is 0 Å². The second kappa shape index (κ2) is 8.26. The molecule has 2 atom stereocenters. The highest BCUT2D eigenvalue weighted by Crippen LogP contribution is 2.30. The maximum atomic E-state index is 9.44. The summed E-state index contributed by atoms with van der Waals surface area (Å²) in [7, 11) is -6.40. The fourth-order valence-electron chi connectivity index (χ4n) is 0.0747. The molecule has 0 rings (SSSR count). The summed E-state index contributed by atoms with van der Waals surface area (Å²) >= 11 is 0. The van der Waals surface area contributed by atoms with Gasteiger partial charge in [-0.15, -0.1) is 0 Å². The van der Waals surface area contributed by atoms with Gasteiger partial charge < -0.3 is 9.79 Å². The highest BCUT2D eigenvalue weighted by Gasteiger charge is 1.93. The molecule has 0 bridgehead atoms. The van der Waals surface area contributed by atoms with Crippen LogP contribution in [0.1, 0.15) is 0 Å². The maximum Gasteiger partial charge on any atom is 0.323 e. The number of hydrogen-bond acceptors (Lipinski definition) is 5. The van der Waals surface area contributed by atoms with Crippen LogP contribution in [0.2, 0.25) is 0 Å². The van der Waals surface area contributed by atoms with Crippen molar-refractivity contribution in [2.75, 3.05) is 0 Å². The molecule has 0 aliphatic rings. The molecule has 0 aliphatic heterocycles. The van der Waals surface area contributed by atoms with E-state index in [9.17, 15) is 9.13 Å². The molecular formula is H6O7P2. The Morgan fingerprint density at radius 2 is 1.22 bits per heavy atom. The fourth-order valence-corrected chi connectivity index (χ4v) is 0.672. The van der Waals surface area contributed by atoms with Crippen molar-refractivity contribution in [3.63, 3.8) is 0 Å². The first-order valence-electron chi connectivity index (χ1n) is 1.46. The predicted octanol–water partition coefficient (Wildman–Crippen LogP) is -0.216. The van der Waals surface area contributed by atoms with Crippen molar-refractivity contribution >= 4 is 16.5 Å². The van der Waals surface area contributed by atoms with Crippen molar-refractivity contribution in [2.45, 2.75) is 0 Å². The summed E-state index contributed by atoms with van der Waals surface area (Å²) in [4.78, 5) is 15.4. The monoisotopic (exact) mass is 180 g/mol. The zero-order valence-corrected chi connectivity index (χ0v) is 6.01. The van der Waals surface area contributed by atoms with E-state index in [4.69, 9.17) is 20.3 Å². The third-order valence-electron chi connectivity index (χ3n) is 0.175. The second-order valence-corrected chi connectivity index (χ2v) is 2.51. The molecule has 0 saturated heterocycles. The van der Waals surface area contributed by atoms with E-state index in [1.165, 1.54) is 0 Å². The smallest absolute Gasteiger partial charge is 0.323 e. The van der Waals surface area contributed by atoms with Crippen LogP contribution in [0, 0.1) is 0 Å². The lowest BCUT2D eigenvalue weighted by atomic mass is 15.0.